The minimum absolute atomic E-state index is 0.389. The maximum Gasteiger partial charge on any atom is 0.0468 e. The van der Waals surface area contributed by atoms with Gasteiger partial charge in [-0.1, -0.05) is 13.0 Å². The van der Waals surface area contributed by atoms with Gasteiger partial charge >= 0.3 is 0 Å². The van der Waals surface area contributed by atoms with Crippen molar-refractivity contribution in [3.05, 3.63) is 23.9 Å². The van der Waals surface area contributed by atoms with E-state index in [4.69, 9.17) is 5.73 Å². The SMILES string of the molecule is C/C=C/C(N)=C\C=NC(C)CC. The first-order valence-electron chi connectivity index (χ1n) is 4.32. The fraction of sp³-hybridized carbons (Fsp3) is 0.500. The summed E-state index contributed by atoms with van der Waals surface area (Å²) >= 11 is 0. The molecule has 68 valence electrons. The normalized spacial score (nSPS) is 16.1. The smallest absolute Gasteiger partial charge is 0.0468 e. The summed E-state index contributed by atoms with van der Waals surface area (Å²) in [5, 5.41) is 0. The van der Waals surface area contributed by atoms with Crippen LogP contribution >= 0.6 is 0 Å². The Hall–Kier alpha value is -1.05. The summed E-state index contributed by atoms with van der Waals surface area (Å²) in [6.07, 6.45) is 8.40. The average molecular weight is 166 g/mol. The Bertz CT molecular complexity index is 190. The molecule has 0 radical (unpaired) electrons. The van der Waals surface area contributed by atoms with Gasteiger partial charge in [0.25, 0.3) is 0 Å². The molecule has 0 saturated carbocycles. The van der Waals surface area contributed by atoms with Crippen LogP contribution in [0.2, 0.25) is 0 Å². The molecule has 0 aliphatic rings. The van der Waals surface area contributed by atoms with Crippen LogP contribution in [0, 0.1) is 0 Å². The van der Waals surface area contributed by atoms with Crippen molar-refractivity contribution in [3.63, 3.8) is 0 Å². The first-order valence-corrected chi connectivity index (χ1v) is 4.32. The second-order valence-electron chi connectivity index (χ2n) is 2.72. The summed E-state index contributed by atoms with van der Waals surface area (Å²) in [6, 6.07) is 0.389. The zero-order valence-corrected chi connectivity index (χ0v) is 8.12. The second kappa shape index (κ2) is 6.65. The van der Waals surface area contributed by atoms with E-state index in [2.05, 4.69) is 18.8 Å². The van der Waals surface area contributed by atoms with Crippen LogP contribution in [-0.2, 0) is 0 Å². The molecule has 0 aliphatic heterocycles. The van der Waals surface area contributed by atoms with Crippen molar-refractivity contribution in [2.45, 2.75) is 33.2 Å². The average Bonchev–Trinajstić information content (AvgIpc) is 2.04. The van der Waals surface area contributed by atoms with Gasteiger partial charge in [0.15, 0.2) is 0 Å². The predicted molar refractivity (Wildman–Crippen MR) is 55.3 cm³/mol. The highest BCUT2D eigenvalue weighted by Crippen LogP contribution is 1.93. The van der Waals surface area contributed by atoms with Gasteiger partial charge in [-0.2, -0.15) is 0 Å². The van der Waals surface area contributed by atoms with E-state index in [1.165, 1.54) is 0 Å². The molecule has 12 heavy (non-hydrogen) atoms. The van der Waals surface area contributed by atoms with Gasteiger partial charge in [0.05, 0.1) is 0 Å². The molecule has 0 aliphatic carbocycles. The van der Waals surface area contributed by atoms with Crippen molar-refractivity contribution in [2.24, 2.45) is 10.7 Å². The van der Waals surface area contributed by atoms with Gasteiger partial charge in [-0.25, -0.2) is 0 Å². The molecule has 0 bridgehead atoms. The minimum atomic E-state index is 0.389. The van der Waals surface area contributed by atoms with Gasteiger partial charge in [0.2, 0.25) is 0 Å². The van der Waals surface area contributed by atoms with E-state index < -0.39 is 0 Å². The van der Waals surface area contributed by atoms with Gasteiger partial charge in [-0.3, -0.25) is 4.99 Å². The molecule has 0 spiro atoms. The topological polar surface area (TPSA) is 38.4 Å². The number of nitrogens with zero attached hydrogens (tertiary/aromatic N) is 1. The lowest BCUT2D eigenvalue weighted by Crippen LogP contribution is -1.96. The Morgan fingerprint density at radius 3 is 2.75 bits per heavy atom. The van der Waals surface area contributed by atoms with Crippen LogP contribution in [0.15, 0.2) is 28.9 Å². The lowest BCUT2D eigenvalue weighted by atomic mass is 10.3. The van der Waals surface area contributed by atoms with Gasteiger partial charge < -0.3 is 5.73 Å². The van der Waals surface area contributed by atoms with E-state index >= 15 is 0 Å². The Labute approximate surface area is 74.9 Å². The van der Waals surface area contributed by atoms with E-state index in [0.29, 0.717) is 6.04 Å². The molecular formula is C10H18N2. The van der Waals surface area contributed by atoms with E-state index in [9.17, 15) is 0 Å². The molecule has 2 nitrogen and oxygen atoms in total. The van der Waals surface area contributed by atoms with Crippen LogP contribution in [0.5, 0.6) is 0 Å². The fourth-order valence-corrected chi connectivity index (χ4v) is 0.629. The number of aliphatic imine (C=N–C) groups is 1. The fourth-order valence-electron chi connectivity index (χ4n) is 0.629. The summed E-state index contributed by atoms with van der Waals surface area (Å²) in [7, 11) is 0. The van der Waals surface area contributed by atoms with Gasteiger partial charge in [0.1, 0.15) is 0 Å². The molecule has 0 amide bonds. The van der Waals surface area contributed by atoms with E-state index in [1.54, 1.807) is 6.21 Å². The highest BCUT2D eigenvalue weighted by molar-refractivity contribution is 5.72. The summed E-state index contributed by atoms with van der Waals surface area (Å²) in [4.78, 5) is 4.25. The molecule has 0 aromatic rings. The Kier molecular flexibility index (Phi) is 6.07. The van der Waals surface area contributed by atoms with Crippen molar-refractivity contribution in [2.75, 3.05) is 0 Å². The largest absolute Gasteiger partial charge is 0.399 e. The van der Waals surface area contributed by atoms with Crippen LogP contribution in [-0.4, -0.2) is 12.3 Å². The molecule has 0 saturated heterocycles. The van der Waals surface area contributed by atoms with Crippen molar-refractivity contribution < 1.29 is 0 Å². The standard InChI is InChI=1S/C10H18N2/c1-4-6-10(11)7-8-12-9(3)5-2/h4,6-9H,5,11H2,1-3H3/b6-4+,10-7+,12-8?. The summed E-state index contributed by atoms with van der Waals surface area (Å²) in [6.45, 7) is 6.13. The molecule has 2 N–H and O–H groups in total. The third-order valence-electron chi connectivity index (χ3n) is 1.56. The molecular weight excluding hydrogens is 148 g/mol. The molecule has 0 rings (SSSR count). The van der Waals surface area contributed by atoms with E-state index in [0.717, 1.165) is 12.1 Å². The molecule has 0 fully saturated rings. The van der Waals surface area contributed by atoms with E-state index in [-0.39, 0.29) is 0 Å². The third-order valence-corrected chi connectivity index (χ3v) is 1.56. The first-order chi connectivity index (χ1) is 5.70. The van der Waals surface area contributed by atoms with Crippen molar-refractivity contribution in [1.82, 2.24) is 0 Å². The van der Waals surface area contributed by atoms with Gasteiger partial charge in [0, 0.05) is 18.0 Å². The quantitative estimate of drug-likeness (QED) is 0.505. The van der Waals surface area contributed by atoms with Gasteiger partial charge in [-0.05, 0) is 32.4 Å². The number of hydrogen-bond donors (Lipinski definition) is 1. The second-order valence-corrected chi connectivity index (χ2v) is 2.72. The summed E-state index contributed by atoms with van der Waals surface area (Å²) in [5.41, 5.74) is 6.34. The lowest BCUT2D eigenvalue weighted by Gasteiger charge is -1.97. The zero-order chi connectivity index (χ0) is 9.40. The molecule has 0 aromatic heterocycles. The van der Waals surface area contributed by atoms with Gasteiger partial charge in [-0.15, -0.1) is 0 Å². The van der Waals surface area contributed by atoms with Crippen molar-refractivity contribution >= 4 is 6.21 Å². The zero-order valence-electron chi connectivity index (χ0n) is 8.12. The number of rotatable bonds is 4. The molecule has 0 aromatic carbocycles. The van der Waals surface area contributed by atoms with Crippen molar-refractivity contribution in [3.8, 4) is 0 Å². The summed E-state index contributed by atoms with van der Waals surface area (Å²) in [5.74, 6) is 0. The number of hydrogen-bond acceptors (Lipinski definition) is 2. The Balaban J connectivity index is 3.93. The highest BCUT2D eigenvalue weighted by atomic mass is 14.7. The minimum Gasteiger partial charge on any atom is -0.399 e. The number of allylic oxidation sites excluding steroid dienone is 3. The maximum atomic E-state index is 5.59. The molecule has 1 atom stereocenters. The first kappa shape index (κ1) is 11.0. The van der Waals surface area contributed by atoms with Crippen LogP contribution in [0.1, 0.15) is 27.2 Å². The Morgan fingerprint density at radius 2 is 2.25 bits per heavy atom. The van der Waals surface area contributed by atoms with Crippen molar-refractivity contribution in [1.29, 1.82) is 0 Å². The maximum absolute atomic E-state index is 5.59. The highest BCUT2D eigenvalue weighted by Gasteiger charge is 1.88. The summed E-state index contributed by atoms with van der Waals surface area (Å²) < 4.78 is 0. The van der Waals surface area contributed by atoms with Crippen LogP contribution in [0.3, 0.4) is 0 Å². The lowest BCUT2D eigenvalue weighted by molar-refractivity contribution is 0.721. The molecule has 2 heteroatoms. The Morgan fingerprint density at radius 1 is 1.58 bits per heavy atom. The van der Waals surface area contributed by atoms with Crippen LogP contribution in [0.25, 0.3) is 0 Å². The predicted octanol–water partition coefficient (Wildman–Crippen LogP) is 2.27. The molecule has 1 unspecified atom stereocenters. The molecule has 0 heterocycles. The third kappa shape index (κ3) is 5.71. The monoisotopic (exact) mass is 166 g/mol. The van der Waals surface area contributed by atoms with Crippen LogP contribution in [0.4, 0.5) is 0 Å². The number of nitrogens with two attached hydrogens (primary N) is 1. The van der Waals surface area contributed by atoms with Crippen LogP contribution < -0.4 is 5.73 Å². The van der Waals surface area contributed by atoms with E-state index in [1.807, 2.05) is 25.2 Å².